The molecule has 0 bridgehead atoms. The quantitative estimate of drug-likeness (QED) is 0.923. The van der Waals surface area contributed by atoms with Crippen LogP contribution in [0.3, 0.4) is 0 Å². The first-order chi connectivity index (χ1) is 9.81. The van der Waals surface area contributed by atoms with E-state index in [0.717, 1.165) is 31.0 Å². The van der Waals surface area contributed by atoms with Crippen molar-refractivity contribution in [1.29, 1.82) is 0 Å². The number of likely N-dealkylation sites (tertiary alicyclic amines) is 1. The van der Waals surface area contributed by atoms with E-state index in [4.69, 9.17) is 0 Å². The van der Waals surface area contributed by atoms with Crippen molar-refractivity contribution in [1.82, 2.24) is 25.1 Å². The summed E-state index contributed by atoms with van der Waals surface area (Å²) in [5.41, 5.74) is 2.28. The van der Waals surface area contributed by atoms with Gasteiger partial charge in [-0.2, -0.15) is 5.10 Å². The van der Waals surface area contributed by atoms with Gasteiger partial charge in [0.2, 0.25) is 0 Å². The van der Waals surface area contributed by atoms with E-state index in [1.807, 2.05) is 13.0 Å². The molecule has 20 heavy (non-hydrogen) atoms. The smallest absolute Gasteiger partial charge is 0.137 e. The summed E-state index contributed by atoms with van der Waals surface area (Å²) >= 11 is 0. The van der Waals surface area contributed by atoms with Crippen LogP contribution < -0.4 is 0 Å². The lowest BCUT2D eigenvalue weighted by Gasteiger charge is -2.31. The Hall–Kier alpha value is -1.75. The van der Waals surface area contributed by atoms with Gasteiger partial charge in [-0.3, -0.25) is 10.1 Å². The van der Waals surface area contributed by atoms with Crippen molar-refractivity contribution in [3.8, 4) is 0 Å². The van der Waals surface area contributed by atoms with Crippen molar-refractivity contribution in [3.63, 3.8) is 0 Å². The van der Waals surface area contributed by atoms with Gasteiger partial charge in [-0.1, -0.05) is 6.07 Å². The highest BCUT2D eigenvalue weighted by Gasteiger charge is 2.22. The number of aromatic nitrogens is 4. The molecule has 0 amide bonds. The summed E-state index contributed by atoms with van der Waals surface area (Å²) in [5, 5.41) is 6.97. The Bertz CT molecular complexity index is 537. The lowest BCUT2D eigenvalue weighted by Crippen LogP contribution is -2.36. The van der Waals surface area contributed by atoms with Crippen LogP contribution in [0.25, 0.3) is 0 Å². The van der Waals surface area contributed by atoms with Crippen LogP contribution in [0, 0.1) is 6.92 Å². The Morgan fingerprint density at radius 1 is 1.40 bits per heavy atom. The van der Waals surface area contributed by atoms with Gasteiger partial charge in [-0.15, -0.1) is 0 Å². The summed E-state index contributed by atoms with van der Waals surface area (Å²) in [6.45, 7) is 5.36. The molecule has 3 rings (SSSR count). The molecule has 1 atom stereocenters. The van der Waals surface area contributed by atoms with Crippen molar-refractivity contribution in [2.45, 2.75) is 32.1 Å². The first-order valence-electron chi connectivity index (χ1n) is 7.31. The maximum absolute atomic E-state index is 4.57. The Morgan fingerprint density at radius 3 is 3.15 bits per heavy atom. The highest BCUT2D eigenvalue weighted by atomic mass is 15.2. The molecule has 5 heteroatoms. The lowest BCUT2D eigenvalue weighted by atomic mass is 9.97. The van der Waals surface area contributed by atoms with E-state index in [0.29, 0.717) is 5.92 Å². The van der Waals surface area contributed by atoms with Gasteiger partial charge < -0.3 is 4.90 Å². The predicted octanol–water partition coefficient (Wildman–Crippen LogP) is 1.93. The van der Waals surface area contributed by atoms with E-state index in [9.17, 15) is 0 Å². The minimum Gasteiger partial charge on any atom is -0.302 e. The van der Waals surface area contributed by atoms with Crippen LogP contribution in [-0.2, 0) is 6.42 Å². The van der Waals surface area contributed by atoms with Crippen molar-refractivity contribution in [3.05, 3.63) is 41.7 Å². The molecule has 0 saturated carbocycles. The molecule has 0 spiro atoms. The molecule has 1 saturated heterocycles. The van der Waals surface area contributed by atoms with Gasteiger partial charge in [0.25, 0.3) is 0 Å². The van der Waals surface area contributed by atoms with Crippen LogP contribution in [0.15, 0.2) is 24.5 Å². The monoisotopic (exact) mass is 271 g/mol. The first-order valence-corrected chi connectivity index (χ1v) is 7.31. The van der Waals surface area contributed by atoms with Crippen LogP contribution in [0.1, 0.15) is 36.0 Å². The standard InChI is InChI=1S/C15H21N5/c1-12-4-2-6-14(18-12)7-9-20-8-3-5-13(10-20)15-16-11-17-19-15/h2,4,6,11,13H,3,5,7-10H2,1H3,(H,16,17,19). The summed E-state index contributed by atoms with van der Waals surface area (Å²) in [6.07, 6.45) is 5.05. The molecular formula is C15H21N5. The first kappa shape index (κ1) is 13.2. The van der Waals surface area contributed by atoms with E-state index in [1.165, 1.54) is 25.1 Å². The van der Waals surface area contributed by atoms with E-state index in [-0.39, 0.29) is 0 Å². The van der Waals surface area contributed by atoms with Gasteiger partial charge in [-0.25, -0.2) is 4.98 Å². The van der Waals surface area contributed by atoms with Crippen molar-refractivity contribution < 1.29 is 0 Å². The zero-order valence-electron chi connectivity index (χ0n) is 11.9. The molecule has 1 aliphatic rings. The van der Waals surface area contributed by atoms with Crippen LogP contribution in [0.5, 0.6) is 0 Å². The largest absolute Gasteiger partial charge is 0.302 e. The van der Waals surface area contributed by atoms with Crippen LogP contribution in [0.4, 0.5) is 0 Å². The number of H-pyrrole nitrogens is 1. The molecule has 106 valence electrons. The highest BCUT2D eigenvalue weighted by molar-refractivity contribution is 5.10. The summed E-state index contributed by atoms with van der Waals surface area (Å²) in [4.78, 5) is 11.4. The Balaban J connectivity index is 1.55. The third-order valence-corrected chi connectivity index (χ3v) is 3.96. The summed E-state index contributed by atoms with van der Waals surface area (Å²) in [7, 11) is 0. The van der Waals surface area contributed by atoms with Crippen LogP contribution in [-0.4, -0.2) is 44.7 Å². The van der Waals surface area contributed by atoms with Crippen molar-refractivity contribution >= 4 is 0 Å². The molecule has 2 aromatic heterocycles. The summed E-state index contributed by atoms with van der Waals surface area (Å²) < 4.78 is 0. The molecule has 0 aliphatic carbocycles. The SMILES string of the molecule is Cc1cccc(CCN2CCCC(c3ncn[nH]3)C2)n1. The number of aryl methyl sites for hydroxylation is 1. The van der Waals surface area contributed by atoms with Crippen molar-refractivity contribution in [2.24, 2.45) is 0 Å². The minimum atomic E-state index is 0.497. The maximum Gasteiger partial charge on any atom is 0.137 e. The van der Waals surface area contributed by atoms with Crippen molar-refractivity contribution in [2.75, 3.05) is 19.6 Å². The molecule has 1 N–H and O–H groups in total. The average molecular weight is 271 g/mol. The van der Waals surface area contributed by atoms with Gasteiger partial charge >= 0.3 is 0 Å². The van der Waals surface area contributed by atoms with E-state index >= 15 is 0 Å². The molecule has 0 radical (unpaired) electrons. The minimum absolute atomic E-state index is 0.497. The molecule has 5 nitrogen and oxygen atoms in total. The fourth-order valence-electron chi connectivity index (χ4n) is 2.90. The Labute approximate surface area is 119 Å². The number of nitrogens with zero attached hydrogens (tertiary/aromatic N) is 4. The molecule has 1 unspecified atom stereocenters. The second-order valence-corrected chi connectivity index (χ2v) is 5.53. The summed E-state index contributed by atoms with van der Waals surface area (Å²) in [6, 6.07) is 6.25. The lowest BCUT2D eigenvalue weighted by molar-refractivity contribution is 0.206. The average Bonchev–Trinajstić information content (AvgIpc) is 3.00. The van der Waals surface area contributed by atoms with Gasteiger partial charge in [0.1, 0.15) is 12.2 Å². The number of rotatable bonds is 4. The number of aromatic amines is 1. The molecule has 0 aromatic carbocycles. The second kappa shape index (κ2) is 6.13. The molecule has 1 aliphatic heterocycles. The Kier molecular flexibility index (Phi) is 4.06. The number of nitrogens with one attached hydrogen (secondary N) is 1. The third-order valence-electron chi connectivity index (χ3n) is 3.96. The maximum atomic E-state index is 4.57. The summed E-state index contributed by atoms with van der Waals surface area (Å²) in [5.74, 6) is 1.53. The van der Waals surface area contributed by atoms with Gasteiger partial charge in [-0.05, 0) is 38.4 Å². The van der Waals surface area contributed by atoms with E-state index in [2.05, 4.69) is 37.2 Å². The van der Waals surface area contributed by atoms with E-state index < -0.39 is 0 Å². The van der Waals surface area contributed by atoms with Gasteiger partial charge in [0.05, 0.1) is 0 Å². The van der Waals surface area contributed by atoms with Gasteiger partial charge in [0.15, 0.2) is 0 Å². The zero-order valence-corrected chi connectivity index (χ0v) is 11.9. The highest BCUT2D eigenvalue weighted by Crippen LogP contribution is 2.23. The van der Waals surface area contributed by atoms with Crippen LogP contribution >= 0.6 is 0 Å². The van der Waals surface area contributed by atoms with Gasteiger partial charge in [0, 0.05) is 36.8 Å². The number of hydrogen-bond acceptors (Lipinski definition) is 4. The zero-order chi connectivity index (χ0) is 13.8. The molecular weight excluding hydrogens is 250 g/mol. The number of pyridine rings is 1. The number of piperidine rings is 1. The fraction of sp³-hybridized carbons (Fsp3) is 0.533. The second-order valence-electron chi connectivity index (χ2n) is 5.53. The normalized spacial score (nSPS) is 20.1. The third kappa shape index (κ3) is 3.22. The predicted molar refractivity (Wildman–Crippen MR) is 77.5 cm³/mol. The van der Waals surface area contributed by atoms with E-state index in [1.54, 1.807) is 6.33 Å². The fourth-order valence-corrected chi connectivity index (χ4v) is 2.90. The number of hydrogen-bond donors (Lipinski definition) is 1. The Morgan fingerprint density at radius 2 is 2.35 bits per heavy atom. The molecule has 1 fully saturated rings. The molecule has 3 heterocycles. The molecule has 2 aromatic rings. The van der Waals surface area contributed by atoms with Crippen LogP contribution in [0.2, 0.25) is 0 Å². The topological polar surface area (TPSA) is 57.7 Å².